The van der Waals surface area contributed by atoms with Gasteiger partial charge in [-0.25, -0.2) is 0 Å². The van der Waals surface area contributed by atoms with E-state index in [0.29, 0.717) is 0 Å². The van der Waals surface area contributed by atoms with Crippen molar-refractivity contribution in [2.24, 2.45) is 5.73 Å². The molecule has 0 fully saturated rings. The van der Waals surface area contributed by atoms with E-state index in [2.05, 4.69) is 20.9 Å². The fourth-order valence-corrected chi connectivity index (χ4v) is 2.49. The minimum atomic E-state index is -0.0344. The molecule has 0 saturated heterocycles. The van der Waals surface area contributed by atoms with Gasteiger partial charge in [-0.1, -0.05) is 23.7 Å². The Kier molecular flexibility index (Phi) is 2.56. The van der Waals surface area contributed by atoms with Gasteiger partial charge in [-0.2, -0.15) is 0 Å². The van der Waals surface area contributed by atoms with Crippen LogP contribution in [0.1, 0.15) is 18.7 Å². The first-order valence-corrected chi connectivity index (χ1v) is 5.49. The first-order valence-electron chi connectivity index (χ1n) is 4.32. The van der Waals surface area contributed by atoms with Crippen molar-refractivity contribution < 1.29 is 0 Å². The largest absolute Gasteiger partial charge is 0.355 e. The van der Waals surface area contributed by atoms with E-state index in [1.54, 1.807) is 0 Å². The lowest BCUT2D eigenvalue weighted by molar-refractivity contribution is 0.788. The van der Waals surface area contributed by atoms with E-state index in [0.717, 1.165) is 26.1 Å². The monoisotopic (exact) mass is 272 g/mol. The van der Waals surface area contributed by atoms with Crippen LogP contribution in [0.4, 0.5) is 0 Å². The molecule has 0 spiro atoms. The highest BCUT2D eigenvalue weighted by molar-refractivity contribution is 9.10. The Morgan fingerprint density at radius 3 is 2.79 bits per heavy atom. The number of rotatable bonds is 1. The first-order chi connectivity index (χ1) is 6.61. The molecule has 0 bridgehead atoms. The molecule has 1 aromatic carbocycles. The maximum absolute atomic E-state index is 6.05. The molecule has 0 amide bonds. The molecule has 1 atom stereocenters. The van der Waals surface area contributed by atoms with Gasteiger partial charge in [0.1, 0.15) is 0 Å². The Hall–Kier alpha value is -0.510. The van der Waals surface area contributed by atoms with Crippen molar-refractivity contribution in [1.29, 1.82) is 0 Å². The molecule has 4 heteroatoms. The summed E-state index contributed by atoms with van der Waals surface area (Å²) in [6.07, 6.45) is 0. The number of benzene rings is 1. The molecule has 74 valence electrons. The van der Waals surface area contributed by atoms with Crippen LogP contribution in [0, 0.1) is 0 Å². The molecule has 3 N–H and O–H groups in total. The maximum atomic E-state index is 6.05. The number of hydrogen-bond donors (Lipinski definition) is 2. The van der Waals surface area contributed by atoms with Crippen molar-refractivity contribution in [2.45, 2.75) is 13.0 Å². The summed E-state index contributed by atoms with van der Waals surface area (Å²) in [5, 5.41) is 1.79. The molecule has 2 nitrogen and oxygen atoms in total. The lowest BCUT2D eigenvalue weighted by Crippen LogP contribution is -2.05. The van der Waals surface area contributed by atoms with Crippen molar-refractivity contribution in [3.05, 3.63) is 33.4 Å². The number of hydrogen-bond acceptors (Lipinski definition) is 1. The summed E-state index contributed by atoms with van der Waals surface area (Å²) in [6, 6.07) is 5.76. The molecular formula is C10H10BrClN2. The zero-order valence-electron chi connectivity index (χ0n) is 7.64. The second-order valence-corrected chi connectivity index (χ2v) is 4.50. The smallest absolute Gasteiger partial charge is 0.0657 e. The van der Waals surface area contributed by atoms with Gasteiger partial charge in [0, 0.05) is 21.6 Å². The Balaban J connectivity index is 2.80. The van der Waals surface area contributed by atoms with Gasteiger partial charge in [0.2, 0.25) is 0 Å². The third-order valence-electron chi connectivity index (χ3n) is 2.20. The molecule has 2 aromatic rings. The maximum Gasteiger partial charge on any atom is 0.0657 e. The third-order valence-corrected chi connectivity index (χ3v) is 3.37. The van der Waals surface area contributed by atoms with Crippen molar-refractivity contribution >= 4 is 38.4 Å². The standard InChI is InChI=1S/C10H10BrClN2/c1-5(13)9-8(11)6-3-2-4-7(12)10(6)14-9/h2-5,14H,13H2,1H3. The van der Waals surface area contributed by atoms with Gasteiger partial charge in [-0.3, -0.25) is 0 Å². The van der Waals surface area contributed by atoms with E-state index in [4.69, 9.17) is 17.3 Å². The minimum absolute atomic E-state index is 0.0344. The third kappa shape index (κ3) is 1.45. The van der Waals surface area contributed by atoms with Gasteiger partial charge in [0.05, 0.1) is 10.5 Å². The Bertz CT molecular complexity index is 476. The number of nitrogens with two attached hydrogens (primary N) is 1. The van der Waals surface area contributed by atoms with Gasteiger partial charge in [-0.15, -0.1) is 0 Å². The fraction of sp³-hybridized carbons (Fsp3) is 0.200. The summed E-state index contributed by atoms with van der Waals surface area (Å²) in [5.41, 5.74) is 7.74. The Morgan fingerprint density at radius 2 is 2.21 bits per heavy atom. The van der Waals surface area contributed by atoms with Gasteiger partial charge in [0.15, 0.2) is 0 Å². The highest BCUT2D eigenvalue weighted by Crippen LogP contribution is 2.33. The lowest BCUT2D eigenvalue weighted by Gasteiger charge is -2.01. The van der Waals surface area contributed by atoms with Crippen molar-refractivity contribution in [1.82, 2.24) is 4.98 Å². The fourth-order valence-electron chi connectivity index (χ4n) is 1.48. The number of halogens is 2. The number of aromatic amines is 1. The molecule has 0 aliphatic carbocycles. The van der Waals surface area contributed by atoms with E-state index in [9.17, 15) is 0 Å². The molecule has 0 aliphatic rings. The summed E-state index contributed by atoms with van der Waals surface area (Å²) in [5.74, 6) is 0. The molecule has 2 rings (SSSR count). The predicted molar refractivity (Wildman–Crippen MR) is 63.6 cm³/mol. The van der Waals surface area contributed by atoms with Gasteiger partial charge in [0.25, 0.3) is 0 Å². The number of aromatic nitrogens is 1. The first kappa shape index (κ1) is 10.0. The molecular weight excluding hydrogens is 263 g/mol. The molecule has 1 unspecified atom stereocenters. The zero-order valence-corrected chi connectivity index (χ0v) is 9.98. The summed E-state index contributed by atoms with van der Waals surface area (Å²) in [4.78, 5) is 3.23. The van der Waals surface area contributed by atoms with Crippen molar-refractivity contribution in [3.63, 3.8) is 0 Å². The minimum Gasteiger partial charge on any atom is -0.355 e. The number of fused-ring (bicyclic) bond motifs is 1. The van der Waals surface area contributed by atoms with Crippen LogP contribution in [0.15, 0.2) is 22.7 Å². The van der Waals surface area contributed by atoms with Crippen molar-refractivity contribution in [2.75, 3.05) is 0 Å². The van der Waals surface area contributed by atoms with E-state index in [1.807, 2.05) is 25.1 Å². The van der Waals surface area contributed by atoms with E-state index < -0.39 is 0 Å². The van der Waals surface area contributed by atoms with Crippen LogP contribution in [0.25, 0.3) is 10.9 Å². The SMILES string of the molecule is CC(N)c1[nH]c2c(Cl)cccc2c1Br. The normalized spacial score (nSPS) is 13.4. The highest BCUT2D eigenvalue weighted by Gasteiger charge is 2.13. The summed E-state index contributed by atoms with van der Waals surface area (Å²) in [7, 11) is 0. The quantitative estimate of drug-likeness (QED) is 0.819. The second kappa shape index (κ2) is 3.57. The van der Waals surface area contributed by atoms with E-state index in [1.165, 1.54) is 0 Å². The molecule has 1 aromatic heterocycles. The van der Waals surface area contributed by atoms with Crippen LogP contribution in [0.5, 0.6) is 0 Å². The zero-order chi connectivity index (χ0) is 10.3. The number of nitrogens with one attached hydrogen (secondary N) is 1. The molecule has 0 aliphatic heterocycles. The lowest BCUT2D eigenvalue weighted by atomic mass is 10.2. The number of H-pyrrole nitrogens is 1. The van der Waals surface area contributed by atoms with Crippen LogP contribution in [0.3, 0.4) is 0 Å². The summed E-state index contributed by atoms with van der Waals surface area (Å²) >= 11 is 9.57. The second-order valence-electron chi connectivity index (χ2n) is 3.30. The van der Waals surface area contributed by atoms with Crippen LogP contribution < -0.4 is 5.73 Å². The molecule has 14 heavy (non-hydrogen) atoms. The summed E-state index contributed by atoms with van der Waals surface area (Å²) < 4.78 is 1.00. The average molecular weight is 274 g/mol. The topological polar surface area (TPSA) is 41.8 Å². The van der Waals surface area contributed by atoms with Gasteiger partial charge >= 0.3 is 0 Å². The Labute approximate surface area is 95.6 Å². The van der Waals surface area contributed by atoms with Crippen LogP contribution >= 0.6 is 27.5 Å². The van der Waals surface area contributed by atoms with E-state index in [-0.39, 0.29) is 6.04 Å². The van der Waals surface area contributed by atoms with E-state index >= 15 is 0 Å². The van der Waals surface area contributed by atoms with Gasteiger partial charge in [-0.05, 0) is 28.9 Å². The molecule has 0 radical (unpaired) electrons. The van der Waals surface area contributed by atoms with Crippen LogP contribution in [0.2, 0.25) is 5.02 Å². The molecule has 0 saturated carbocycles. The van der Waals surface area contributed by atoms with Crippen LogP contribution in [-0.2, 0) is 0 Å². The van der Waals surface area contributed by atoms with Gasteiger partial charge < -0.3 is 10.7 Å². The average Bonchev–Trinajstić information content (AvgIpc) is 2.46. The molecule has 1 heterocycles. The van der Waals surface area contributed by atoms with Crippen LogP contribution in [-0.4, -0.2) is 4.98 Å². The Morgan fingerprint density at radius 1 is 1.50 bits per heavy atom. The highest BCUT2D eigenvalue weighted by atomic mass is 79.9. The summed E-state index contributed by atoms with van der Waals surface area (Å²) in [6.45, 7) is 1.93. The number of para-hydroxylation sites is 1. The predicted octanol–water partition coefficient (Wildman–Crippen LogP) is 3.60. The van der Waals surface area contributed by atoms with Crippen molar-refractivity contribution in [3.8, 4) is 0 Å².